The van der Waals surface area contributed by atoms with E-state index in [1.807, 2.05) is 56.3 Å². The van der Waals surface area contributed by atoms with Gasteiger partial charge in [0, 0.05) is 5.39 Å². The van der Waals surface area contributed by atoms with E-state index in [4.69, 9.17) is 4.74 Å². The van der Waals surface area contributed by atoms with E-state index >= 15 is 0 Å². The number of aromatic nitrogens is 4. The molecule has 0 fully saturated rings. The van der Waals surface area contributed by atoms with Gasteiger partial charge in [0.05, 0.1) is 28.3 Å². The van der Waals surface area contributed by atoms with Gasteiger partial charge in [-0.25, -0.2) is 9.48 Å². The lowest BCUT2D eigenvalue weighted by molar-refractivity contribution is -0.119. The summed E-state index contributed by atoms with van der Waals surface area (Å²) < 4.78 is 6.90. The van der Waals surface area contributed by atoms with Gasteiger partial charge in [-0.15, -0.1) is 0 Å². The summed E-state index contributed by atoms with van der Waals surface area (Å²) in [6.45, 7) is 3.25. The van der Waals surface area contributed by atoms with Crippen molar-refractivity contribution in [3.8, 4) is 5.69 Å². The first-order valence-corrected chi connectivity index (χ1v) is 9.06. The number of nitrogens with one attached hydrogen (secondary N) is 2. The highest BCUT2D eigenvalue weighted by Crippen LogP contribution is 2.22. The second kappa shape index (κ2) is 7.59. The second-order valence-corrected chi connectivity index (χ2v) is 6.54. The van der Waals surface area contributed by atoms with Crippen LogP contribution in [-0.4, -0.2) is 38.5 Å². The van der Waals surface area contributed by atoms with E-state index < -0.39 is 18.5 Å². The highest BCUT2D eigenvalue weighted by molar-refractivity contribution is 6.03. The Bertz CT molecular complexity index is 1190. The molecule has 0 atom stereocenters. The molecule has 2 aromatic heterocycles. The minimum absolute atomic E-state index is 0.151. The molecular formula is C21H19N5O3. The minimum atomic E-state index is -0.661. The lowest BCUT2D eigenvalue weighted by Gasteiger charge is -2.07. The molecule has 0 spiro atoms. The van der Waals surface area contributed by atoms with Crippen LogP contribution in [0.3, 0.4) is 0 Å². The van der Waals surface area contributed by atoms with Gasteiger partial charge >= 0.3 is 5.97 Å². The van der Waals surface area contributed by atoms with Gasteiger partial charge in [-0.05, 0) is 32.0 Å². The zero-order valence-electron chi connectivity index (χ0n) is 16.0. The average Bonchev–Trinajstić information content (AvgIpc) is 3.29. The molecule has 0 radical (unpaired) electrons. The fourth-order valence-corrected chi connectivity index (χ4v) is 3.14. The third-order valence-corrected chi connectivity index (χ3v) is 4.55. The zero-order chi connectivity index (χ0) is 20.4. The van der Waals surface area contributed by atoms with Gasteiger partial charge in [-0.2, -0.15) is 10.2 Å². The average molecular weight is 389 g/mol. The highest BCUT2D eigenvalue weighted by Gasteiger charge is 2.19. The first-order chi connectivity index (χ1) is 14.0. The quantitative estimate of drug-likeness (QED) is 0.511. The largest absolute Gasteiger partial charge is 0.451 e. The Hall–Kier alpha value is -3.94. The van der Waals surface area contributed by atoms with Crippen molar-refractivity contribution in [2.75, 3.05) is 11.9 Å². The maximum absolute atomic E-state index is 12.3. The van der Waals surface area contributed by atoms with Gasteiger partial charge in [0.1, 0.15) is 0 Å². The molecule has 4 aromatic rings. The van der Waals surface area contributed by atoms with Gasteiger partial charge in [0.15, 0.2) is 12.3 Å². The van der Waals surface area contributed by atoms with Crippen LogP contribution in [0, 0.1) is 13.8 Å². The lowest BCUT2D eigenvalue weighted by Crippen LogP contribution is -2.21. The maximum atomic E-state index is 12.3. The Kier molecular flexibility index (Phi) is 4.82. The molecule has 0 bridgehead atoms. The summed E-state index contributed by atoms with van der Waals surface area (Å²) in [5.74, 6) is -1.11. The fourth-order valence-electron chi connectivity index (χ4n) is 3.14. The van der Waals surface area contributed by atoms with Crippen molar-refractivity contribution >= 4 is 28.5 Å². The Morgan fingerprint density at radius 3 is 2.59 bits per heavy atom. The predicted molar refractivity (Wildman–Crippen MR) is 108 cm³/mol. The van der Waals surface area contributed by atoms with Crippen molar-refractivity contribution in [2.24, 2.45) is 0 Å². The molecule has 8 nitrogen and oxygen atoms in total. The molecular weight excluding hydrogens is 370 g/mol. The van der Waals surface area contributed by atoms with Gasteiger partial charge < -0.3 is 10.1 Å². The van der Waals surface area contributed by atoms with E-state index in [-0.39, 0.29) is 5.69 Å². The van der Waals surface area contributed by atoms with Crippen molar-refractivity contribution in [3.05, 3.63) is 71.7 Å². The van der Waals surface area contributed by atoms with Gasteiger partial charge in [0.25, 0.3) is 5.91 Å². The monoisotopic (exact) mass is 389 g/mol. The van der Waals surface area contributed by atoms with Crippen LogP contribution in [0.25, 0.3) is 16.6 Å². The molecule has 0 aliphatic carbocycles. The molecule has 8 heteroatoms. The molecule has 2 N–H and O–H groups in total. The number of rotatable bonds is 5. The number of benzene rings is 2. The molecule has 0 saturated heterocycles. The van der Waals surface area contributed by atoms with Crippen LogP contribution < -0.4 is 5.32 Å². The lowest BCUT2D eigenvalue weighted by atomic mass is 10.2. The van der Waals surface area contributed by atoms with Gasteiger partial charge in [-0.1, -0.05) is 36.4 Å². The number of esters is 1. The number of nitrogens with zero attached hydrogens (tertiary/aromatic N) is 3. The third kappa shape index (κ3) is 3.60. The number of H-pyrrole nitrogens is 1. The van der Waals surface area contributed by atoms with E-state index in [0.717, 1.165) is 16.9 Å². The minimum Gasteiger partial charge on any atom is -0.451 e. The van der Waals surface area contributed by atoms with Crippen molar-refractivity contribution < 1.29 is 14.3 Å². The molecule has 0 aliphatic heterocycles. The van der Waals surface area contributed by atoms with Crippen LogP contribution in [0.5, 0.6) is 0 Å². The Balaban J connectivity index is 1.44. The number of fused-ring (bicyclic) bond motifs is 1. The summed E-state index contributed by atoms with van der Waals surface area (Å²) in [5.41, 5.74) is 3.82. The molecule has 2 heterocycles. The van der Waals surface area contributed by atoms with Crippen LogP contribution in [0.4, 0.5) is 5.69 Å². The van der Waals surface area contributed by atoms with E-state index in [2.05, 4.69) is 20.6 Å². The van der Waals surface area contributed by atoms with Gasteiger partial charge in [-0.3, -0.25) is 9.89 Å². The summed E-state index contributed by atoms with van der Waals surface area (Å²) in [5, 5.41) is 14.7. The smallest absolute Gasteiger partial charge is 0.359 e. The molecule has 0 saturated carbocycles. The molecule has 1 amide bonds. The number of amides is 1. The fraction of sp³-hybridized carbons (Fsp3) is 0.143. The molecule has 29 heavy (non-hydrogen) atoms. The summed E-state index contributed by atoms with van der Waals surface area (Å²) >= 11 is 0. The van der Waals surface area contributed by atoms with Crippen molar-refractivity contribution in [1.82, 2.24) is 20.0 Å². The molecule has 146 valence electrons. The SMILES string of the molecule is Cc1nn(-c2ccccc2)c(C)c1NC(=O)COC(=O)c1n[nH]c2ccccc12. The number of ether oxygens (including phenoxy) is 1. The number of hydrogen-bond acceptors (Lipinski definition) is 5. The number of hydrogen-bond donors (Lipinski definition) is 2. The Morgan fingerprint density at radius 1 is 1.07 bits per heavy atom. The first-order valence-electron chi connectivity index (χ1n) is 9.06. The molecule has 4 rings (SSSR count). The topological polar surface area (TPSA) is 102 Å². The number of para-hydroxylation sites is 2. The summed E-state index contributed by atoms with van der Waals surface area (Å²) in [6, 6.07) is 16.8. The number of aromatic amines is 1. The standard InChI is InChI=1S/C21H19N5O3/c1-13-19(14(2)26(25-13)15-8-4-3-5-9-15)22-18(27)12-29-21(28)20-16-10-6-7-11-17(16)23-24-20/h3-11H,12H2,1-2H3,(H,22,27)(H,23,24). The Morgan fingerprint density at radius 2 is 1.79 bits per heavy atom. The molecule has 2 aromatic carbocycles. The number of carbonyl (C=O) groups is 2. The summed E-state index contributed by atoms with van der Waals surface area (Å²) in [7, 11) is 0. The Labute approximate surface area is 166 Å². The zero-order valence-corrected chi connectivity index (χ0v) is 16.0. The van der Waals surface area contributed by atoms with Crippen molar-refractivity contribution in [1.29, 1.82) is 0 Å². The predicted octanol–water partition coefficient (Wildman–Crippen LogP) is 3.16. The molecule has 0 unspecified atom stereocenters. The van der Waals surface area contributed by atoms with Crippen LogP contribution in [0.1, 0.15) is 21.9 Å². The number of carbonyl (C=O) groups excluding carboxylic acids is 2. The van der Waals surface area contributed by atoms with E-state index in [0.29, 0.717) is 16.8 Å². The summed E-state index contributed by atoms with van der Waals surface area (Å²) in [6.07, 6.45) is 0. The third-order valence-electron chi connectivity index (χ3n) is 4.55. The maximum Gasteiger partial charge on any atom is 0.359 e. The summed E-state index contributed by atoms with van der Waals surface area (Å²) in [4.78, 5) is 24.6. The van der Waals surface area contributed by atoms with Crippen LogP contribution >= 0.6 is 0 Å². The van der Waals surface area contributed by atoms with Gasteiger partial charge in [0.2, 0.25) is 0 Å². The van der Waals surface area contributed by atoms with Crippen molar-refractivity contribution in [2.45, 2.75) is 13.8 Å². The second-order valence-electron chi connectivity index (χ2n) is 6.54. The number of aryl methyl sites for hydroxylation is 1. The normalized spacial score (nSPS) is 10.8. The highest BCUT2D eigenvalue weighted by atomic mass is 16.5. The molecule has 0 aliphatic rings. The first kappa shape index (κ1) is 18.4. The van der Waals surface area contributed by atoms with Crippen LogP contribution in [-0.2, 0) is 9.53 Å². The van der Waals surface area contributed by atoms with E-state index in [1.54, 1.807) is 16.8 Å². The van der Waals surface area contributed by atoms with E-state index in [9.17, 15) is 9.59 Å². The van der Waals surface area contributed by atoms with Crippen molar-refractivity contribution in [3.63, 3.8) is 0 Å². The number of anilines is 1. The van der Waals surface area contributed by atoms with Crippen LogP contribution in [0.2, 0.25) is 0 Å². The van der Waals surface area contributed by atoms with Crippen LogP contribution in [0.15, 0.2) is 54.6 Å². The van der Waals surface area contributed by atoms with E-state index in [1.165, 1.54) is 0 Å².